The zero-order valence-electron chi connectivity index (χ0n) is 8.33. The van der Waals surface area contributed by atoms with Crippen LogP contribution in [0.3, 0.4) is 0 Å². The molecule has 0 radical (unpaired) electrons. The monoisotopic (exact) mass is 192 g/mol. The Morgan fingerprint density at radius 2 is 1.79 bits per heavy atom. The molecule has 0 aliphatic carbocycles. The average Bonchev–Trinajstić information content (AvgIpc) is 2.17. The summed E-state index contributed by atoms with van der Waals surface area (Å²) in [5.74, 6) is 0.129. The van der Waals surface area contributed by atoms with Gasteiger partial charge in [0.05, 0.1) is 6.54 Å². The highest BCUT2D eigenvalue weighted by molar-refractivity contribution is 5.75. The molecule has 0 spiro atoms. The van der Waals surface area contributed by atoms with Crippen molar-refractivity contribution in [1.82, 2.24) is 5.32 Å². The Morgan fingerprint density at radius 1 is 1.21 bits per heavy atom. The maximum Gasteiger partial charge on any atom is 0.186 e. The summed E-state index contributed by atoms with van der Waals surface area (Å²) < 4.78 is 0. The minimum absolute atomic E-state index is 0.129. The second-order valence-electron chi connectivity index (χ2n) is 3.09. The van der Waals surface area contributed by atoms with E-state index in [4.69, 9.17) is 11.5 Å². The van der Waals surface area contributed by atoms with Gasteiger partial charge in [-0.15, -0.1) is 0 Å². The molecule has 76 valence electrons. The molecule has 0 saturated heterocycles. The standard InChI is InChI=1S/C10H16N4/c1-13-6-8-2-4-9(5-3-8)7-14-10(11)12/h2-5,13H,6-7H2,1H3,(H4,11,12,14). The molecule has 4 heteroatoms. The first-order valence-corrected chi connectivity index (χ1v) is 4.50. The van der Waals surface area contributed by atoms with Gasteiger partial charge in [0.2, 0.25) is 0 Å². The Kier molecular flexibility index (Phi) is 3.94. The molecule has 0 fully saturated rings. The van der Waals surface area contributed by atoms with E-state index in [2.05, 4.69) is 22.4 Å². The van der Waals surface area contributed by atoms with Crippen LogP contribution in [0.1, 0.15) is 11.1 Å². The van der Waals surface area contributed by atoms with E-state index >= 15 is 0 Å². The zero-order chi connectivity index (χ0) is 10.4. The Labute approximate surface area is 84.0 Å². The Balaban J connectivity index is 2.59. The summed E-state index contributed by atoms with van der Waals surface area (Å²) in [5, 5.41) is 3.09. The van der Waals surface area contributed by atoms with Crippen molar-refractivity contribution in [2.75, 3.05) is 7.05 Å². The van der Waals surface area contributed by atoms with Crippen LogP contribution >= 0.6 is 0 Å². The minimum atomic E-state index is 0.129. The largest absolute Gasteiger partial charge is 0.370 e. The Hall–Kier alpha value is -1.55. The highest BCUT2D eigenvalue weighted by atomic mass is 15.0. The molecule has 1 rings (SSSR count). The summed E-state index contributed by atoms with van der Waals surface area (Å²) in [6.45, 7) is 1.42. The number of rotatable bonds is 4. The van der Waals surface area contributed by atoms with Gasteiger partial charge in [0.25, 0.3) is 0 Å². The van der Waals surface area contributed by atoms with Crippen molar-refractivity contribution >= 4 is 5.96 Å². The summed E-state index contributed by atoms with van der Waals surface area (Å²) in [5.41, 5.74) is 12.8. The van der Waals surface area contributed by atoms with E-state index in [0.29, 0.717) is 6.54 Å². The van der Waals surface area contributed by atoms with Gasteiger partial charge in [0.1, 0.15) is 0 Å². The van der Waals surface area contributed by atoms with Crippen molar-refractivity contribution in [1.29, 1.82) is 0 Å². The molecule has 4 nitrogen and oxygen atoms in total. The van der Waals surface area contributed by atoms with Gasteiger partial charge in [0, 0.05) is 6.54 Å². The lowest BCUT2D eigenvalue weighted by Gasteiger charge is -2.01. The number of aliphatic imine (C=N–C) groups is 1. The van der Waals surface area contributed by atoms with Crippen LogP contribution < -0.4 is 16.8 Å². The van der Waals surface area contributed by atoms with Crippen LogP contribution in [-0.4, -0.2) is 13.0 Å². The third-order valence-electron chi connectivity index (χ3n) is 1.85. The second kappa shape index (κ2) is 5.24. The van der Waals surface area contributed by atoms with Crippen LogP contribution in [0.2, 0.25) is 0 Å². The molecule has 14 heavy (non-hydrogen) atoms. The van der Waals surface area contributed by atoms with E-state index < -0.39 is 0 Å². The molecule has 0 unspecified atom stereocenters. The highest BCUT2D eigenvalue weighted by Crippen LogP contribution is 2.05. The summed E-state index contributed by atoms with van der Waals surface area (Å²) in [6.07, 6.45) is 0. The minimum Gasteiger partial charge on any atom is -0.370 e. The fourth-order valence-electron chi connectivity index (χ4n) is 1.15. The lowest BCUT2D eigenvalue weighted by atomic mass is 10.1. The Morgan fingerprint density at radius 3 is 2.29 bits per heavy atom. The summed E-state index contributed by atoms with van der Waals surface area (Å²) >= 11 is 0. The van der Waals surface area contributed by atoms with Gasteiger partial charge in [-0.05, 0) is 18.2 Å². The van der Waals surface area contributed by atoms with E-state index in [9.17, 15) is 0 Å². The number of hydrogen-bond donors (Lipinski definition) is 3. The number of guanidine groups is 1. The van der Waals surface area contributed by atoms with E-state index in [0.717, 1.165) is 12.1 Å². The molecule has 0 aromatic heterocycles. The van der Waals surface area contributed by atoms with Crippen LogP contribution in [0.15, 0.2) is 29.3 Å². The van der Waals surface area contributed by atoms with Crippen LogP contribution in [0, 0.1) is 0 Å². The van der Waals surface area contributed by atoms with Crippen molar-refractivity contribution in [2.45, 2.75) is 13.1 Å². The first kappa shape index (κ1) is 10.5. The molecule has 0 aliphatic heterocycles. The first-order valence-electron chi connectivity index (χ1n) is 4.50. The second-order valence-corrected chi connectivity index (χ2v) is 3.09. The number of nitrogens with one attached hydrogen (secondary N) is 1. The molecule has 0 saturated carbocycles. The van der Waals surface area contributed by atoms with Crippen LogP contribution in [0.5, 0.6) is 0 Å². The number of hydrogen-bond acceptors (Lipinski definition) is 2. The molecular formula is C10H16N4. The van der Waals surface area contributed by atoms with E-state index in [-0.39, 0.29) is 5.96 Å². The van der Waals surface area contributed by atoms with Crippen LogP contribution in [0.4, 0.5) is 0 Å². The maximum absolute atomic E-state index is 5.24. The van der Waals surface area contributed by atoms with Crippen molar-refractivity contribution < 1.29 is 0 Å². The van der Waals surface area contributed by atoms with Gasteiger partial charge in [-0.25, -0.2) is 4.99 Å². The summed E-state index contributed by atoms with van der Waals surface area (Å²) in [4.78, 5) is 3.93. The summed E-state index contributed by atoms with van der Waals surface area (Å²) in [7, 11) is 1.92. The fraction of sp³-hybridized carbons (Fsp3) is 0.300. The quantitative estimate of drug-likeness (QED) is 0.470. The molecule has 0 bridgehead atoms. The molecular weight excluding hydrogens is 176 g/mol. The molecule has 0 heterocycles. The van der Waals surface area contributed by atoms with Crippen molar-refractivity contribution in [3.8, 4) is 0 Å². The number of nitrogens with two attached hydrogens (primary N) is 2. The normalized spacial score (nSPS) is 9.79. The molecule has 0 aliphatic rings. The van der Waals surface area contributed by atoms with Gasteiger partial charge < -0.3 is 16.8 Å². The molecule has 0 amide bonds. The van der Waals surface area contributed by atoms with Crippen LogP contribution in [0.25, 0.3) is 0 Å². The number of nitrogens with zero attached hydrogens (tertiary/aromatic N) is 1. The van der Waals surface area contributed by atoms with Gasteiger partial charge in [-0.3, -0.25) is 0 Å². The average molecular weight is 192 g/mol. The lowest BCUT2D eigenvalue weighted by Crippen LogP contribution is -2.22. The molecule has 0 atom stereocenters. The predicted octanol–water partition coefficient (Wildman–Crippen LogP) is 0.179. The highest BCUT2D eigenvalue weighted by Gasteiger charge is 1.92. The maximum atomic E-state index is 5.24. The van der Waals surface area contributed by atoms with Gasteiger partial charge >= 0.3 is 0 Å². The molecule has 1 aromatic carbocycles. The van der Waals surface area contributed by atoms with Crippen molar-refractivity contribution in [3.63, 3.8) is 0 Å². The predicted molar refractivity (Wildman–Crippen MR) is 58.7 cm³/mol. The van der Waals surface area contributed by atoms with Crippen molar-refractivity contribution in [2.24, 2.45) is 16.5 Å². The molecule has 1 aromatic rings. The first-order chi connectivity index (χ1) is 6.72. The van der Waals surface area contributed by atoms with E-state index in [1.165, 1.54) is 5.56 Å². The van der Waals surface area contributed by atoms with Gasteiger partial charge in [0.15, 0.2) is 5.96 Å². The zero-order valence-corrected chi connectivity index (χ0v) is 8.33. The van der Waals surface area contributed by atoms with Crippen LogP contribution in [-0.2, 0) is 13.1 Å². The molecule has 5 N–H and O–H groups in total. The van der Waals surface area contributed by atoms with E-state index in [1.54, 1.807) is 0 Å². The van der Waals surface area contributed by atoms with Gasteiger partial charge in [-0.1, -0.05) is 24.3 Å². The third kappa shape index (κ3) is 3.45. The van der Waals surface area contributed by atoms with E-state index in [1.807, 2.05) is 19.2 Å². The summed E-state index contributed by atoms with van der Waals surface area (Å²) in [6, 6.07) is 8.18. The topological polar surface area (TPSA) is 76.4 Å². The lowest BCUT2D eigenvalue weighted by molar-refractivity contribution is 0.817. The number of benzene rings is 1. The fourth-order valence-corrected chi connectivity index (χ4v) is 1.15. The van der Waals surface area contributed by atoms with Crippen molar-refractivity contribution in [3.05, 3.63) is 35.4 Å². The smallest absolute Gasteiger partial charge is 0.186 e. The third-order valence-corrected chi connectivity index (χ3v) is 1.85. The SMILES string of the molecule is CNCc1ccc(CN=C(N)N)cc1. The van der Waals surface area contributed by atoms with Gasteiger partial charge in [-0.2, -0.15) is 0 Å². The Bertz CT molecular complexity index is 298.